The molecule has 0 atom stereocenters. The minimum atomic E-state index is -0.690. The van der Waals surface area contributed by atoms with Gasteiger partial charge in [-0.1, -0.05) is 6.82 Å². The average molecular weight is 284 g/mol. The largest absolute Gasteiger partial charge is 0.508 e. The Bertz CT molecular complexity index is 811. The van der Waals surface area contributed by atoms with Crippen LogP contribution < -0.4 is 0 Å². The monoisotopic (exact) mass is 284 g/mol. The predicted octanol–water partition coefficient (Wildman–Crippen LogP) is 3.63. The summed E-state index contributed by atoms with van der Waals surface area (Å²) in [4.78, 5) is 0. The minimum absolute atomic E-state index is 0.190. The molecule has 0 saturated heterocycles. The van der Waals surface area contributed by atoms with Gasteiger partial charge in [0.25, 0.3) is 0 Å². The third-order valence-electron chi connectivity index (χ3n) is 3.43. The number of hydrogen-bond acceptors (Lipinski definition) is 3. The van der Waals surface area contributed by atoms with Crippen molar-refractivity contribution in [3.8, 4) is 22.8 Å². The van der Waals surface area contributed by atoms with Crippen molar-refractivity contribution >= 4 is 18.2 Å². The first kappa shape index (κ1) is 13.6. The Morgan fingerprint density at radius 3 is 2.67 bits per heavy atom. The average Bonchev–Trinajstić information content (AvgIpc) is 2.86. The second-order valence-electron chi connectivity index (χ2n) is 5.05. The number of rotatable bonds is 3. The van der Waals surface area contributed by atoms with Crippen LogP contribution in [0.3, 0.4) is 0 Å². The molecule has 3 aromatic rings. The number of hydrogen-bond donors (Lipinski definition) is 2. The van der Waals surface area contributed by atoms with Crippen LogP contribution in [0.5, 0.6) is 11.5 Å². The van der Waals surface area contributed by atoms with Crippen LogP contribution >= 0.6 is 0 Å². The van der Waals surface area contributed by atoms with Crippen LogP contribution in [0.1, 0.15) is 5.56 Å². The van der Waals surface area contributed by atoms with E-state index < -0.39 is 5.82 Å². The molecule has 106 valence electrons. The van der Waals surface area contributed by atoms with Gasteiger partial charge in [0.1, 0.15) is 24.4 Å². The molecule has 0 saturated carbocycles. The molecule has 1 aromatic heterocycles. The zero-order valence-corrected chi connectivity index (χ0v) is 11.6. The fourth-order valence-corrected chi connectivity index (χ4v) is 2.47. The van der Waals surface area contributed by atoms with Crippen molar-refractivity contribution in [1.82, 2.24) is 0 Å². The van der Waals surface area contributed by atoms with E-state index in [4.69, 9.17) is 4.42 Å². The Morgan fingerprint density at radius 1 is 1.14 bits per heavy atom. The first-order valence-corrected chi connectivity index (χ1v) is 6.83. The van der Waals surface area contributed by atoms with Crippen LogP contribution in [0.4, 0.5) is 4.39 Å². The van der Waals surface area contributed by atoms with Crippen molar-refractivity contribution in [3.05, 3.63) is 47.8 Å². The Labute approximate surface area is 121 Å². The van der Waals surface area contributed by atoms with E-state index in [0.29, 0.717) is 16.9 Å². The van der Waals surface area contributed by atoms with Crippen LogP contribution in [0.2, 0.25) is 6.82 Å². The standard InChI is InChI=1S/C16H14BFO3/c1-17-8-11-5-12(19)4-10-7-15(21-16(10)11)9-2-3-14(20)13(18)6-9/h2-7,17,19-20H,8H2,1H3. The smallest absolute Gasteiger partial charge is 0.165 e. The highest BCUT2D eigenvalue weighted by molar-refractivity contribution is 6.33. The van der Waals surface area contributed by atoms with Crippen LogP contribution in [-0.4, -0.2) is 17.5 Å². The molecule has 2 N–H and O–H groups in total. The van der Waals surface area contributed by atoms with Gasteiger partial charge in [0.05, 0.1) is 0 Å². The Balaban J connectivity index is 2.16. The summed E-state index contributed by atoms with van der Waals surface area (Å²) < 4.78 is 19.3. The maximum Gasteiger partial charge on any atom is 0.165 e. The summed E-state index contributed by atoms with van der Waals surface area (Å²) in [6.45, 7) is 2.05. The lowest BCUT2D eigenvalue weighted by atomic mass is 9.75. The first-order chi connectivity index (χ1) is 10.1. The number of phenols is 2. The van der Waals surface area contributed by atoms with Crippen molar-refractivity contribution in [2.24, 2.45) is 0 Å². The van der Waals surface area contributed by atoms with Crippen molar-refractivity contribution in [2.45, 2.75) is 13.1 Å². The van der Waals surface area contributed by atoms with Crippen molar-refractivity contribution < 1.29 is 19.0 Å². The Hall–Kier alpha value is -2.43. The Kier molecular flexibility index (Phi) is 3.33. The van der Waals surface area contributed by atoms with Gasteiger partial charge in [-0.15, -0.1) is 0 Å². The lowest BCUT2D eigenvalue weighted by Crippen LogP contribution is -1.91. The van der Waals surface area contributed by atoms with Gasteiger partial charge >= 0.3 is 0 Å². The number of benzene rings is 2. The Morgan fingerprint density at radius 2 is 1.95 bits per heavy atom. The highest BCUT2D eigenvalue weighted by atomic mass is 19.1. The van der Waals surface area contributed by atoms with Crippen LogP contribution in [0.15, 0.2) is 40.8 Å². The SMILES string of the molecule is CBCc1cc(O)cc2cc(-c3ccc(O)c(F)c3)oc12. The molecular formula is C16H14BFO3. The molecular weight excluding hydrogens is 270 g/mol. The van der Waals surface area contributed by atoms with Crippen LogP contribution in [0, 0.1) is 5.82 Å². The van der Waals surface area contributed by atoms with Gasteiger partial charge in [0.2, 0.25) is 0 Å². The van der Waals surface area contributed by atoms with Gasteiger partial charge in [-0.2, -0.15) is 0 Å². The zero-order chi connectivity index (χ0) is 15.0. The third-order valence-corrected chi connectivity index (χ3v) is 3.43. The second kappa shape index (κ2) is 5.16. The predicted molar refractivity (Wildman–Crippen MR) is 81.7 cm³/mol. The van der Waals surface area contributed by atoms with Crippen LogP contribution in [-0.2, 0) is 6.32 Å². The number of halogens is 1. The van der Waals surface area contributed by atoms with Gasteiger partial charge in [0, 0.05) is 10.9 Å². The lowest BCUT2D eigenvalue weighted by Gasteiger charge is -2.01. The molecule has 0 amide bonds. The van der Waals surface area contributed by atoms with Crippen LogP contribution in [0.25, 0.3) is 22.3 Å². The zero-order valence-electron chi connectivity index (χ0n) is 11.6. The highest BCUT2D eigenvalue weighted by Gasteiger charge is 2.13. The normalized spacial score (nSPS) is 11.0. The van der Waals surface area contributed by atoms with Crippen molar-refractivity contribution in [2.75, 3.05) is 0 Å². The van der Waals surface area contributed by atoms with E-state index in [1.54, 1.807) is 24.3 Å². The maximum absolute atomic E-state index is 13.5. The summed E-state index contributed by atoms with van der Waals surface area (Å²) in [5.74, 6) is -0.384. The fraction of sp³-hybridized carbons (Fsp3) is 0.125. The van der Waals surface area contributed by atoms with E-state index in [1.165, 1.54) is 12.1 Å². The molecule has 2 aromatic carbocycles. The molecule has 0 aliphatic rings. The summed E-state index contributed by atoms with van der Waals surface area (Å²) in [5, 5.41) is 19.8. The summed E-state index contributed by atoms with van der Waals surface area (Å²) in [6, 6.07) is 9.19. The molecule has 1 heterocycles. The molecule has 21 heavy (non-hydrogen) atoms. The summed E-state index contributed by atoms with van der Waals surface area (Å²) in [5.41, 5.74) is 2.18. The van der Waals surface area contributed by atoms with Gasteiger partial charge in [-0.3, -0.25) is 0 Å². The maximum atomic E-state index is 13.5. The number of phenolic OH excluding ortho intramolecular Hbond substituents is 2. The second-order valence-corrected chi connectivity index (χ2v) is 5.05. The molecule has 0 aliphatic heterocycles. The molecule has 0 fully saturated rings. The molecule has 0 radical (unpaired) electrons. The van der Waals surface area contributed by atoms with E-state index in [1.807, 2.05) is 0 Å². The number of furan rings is 1. The van der Waals surface area contributed by atoms with E-state index >= 15 is 0 Å². The number of fused-ring (bicyclic) bond motifs is 1. The topological polar surface area (TPSA) is 53.6 Å². The third kappa shape index (κ3) is 2.47. The molecule has 0 unspecified atom stereocenters. The van der Waals surface area contributed by atoms with Crippen molar-refractivity contribution in [1.29, 1.82) is 0 Å². The molecule has 3 nitrogen and oxygen atoms in total. The summed E-state index contributed by atoms with van der Waals surface area (Å²) in [6.07, 6.45) is 0.793. The van der Waals surface area contributed by atoms with E-state index in [2.05, 4.69) is 6.82 Å². The van der Waals surface area contributed by atoms with Gasteiger partial charge < -0.3 is 14.6 Å². The van der Waals surface area contributed by atoms with Gasteiger partial charge in [0.15, 0.2) is 11.6 Å². The van der Waals surface area contributed by atoms with E-state index in [-0.39, 0.29) is 11.5 Å². The minimum Gasteiger partial charge on any atom is -0.508 e. The van der Waals surface area contributed by atoms with Gasteiger partial charge in [-0.25, -0.2) is 4.39 Å². The number of aromatic hydroxyl groups is 2. The van der Waals surface area contributed by atoms with Gasteiger partial charge in [-0.05, 0) is 48.3 Å². The molecule has 3 rings (SSSR count). The highest BCUT2D eigenvalue weighted by Crippen LogP contribution is 2.34. The quantitative estimate of drug-likeness (QED) is 0.722. The molecule has 0 aliphatic carbocycles. The summed E-state index contributed by atoms with van der Waals surface area (Å²) in [7, 11) is 0.933. The lowest BCUT2D eigenvalue weighted by molar-refractivity contribution is 0.432. The molecule has 5 heteroatoms. The van der Waals surface area contributed by atoms with E-state index in [0.717, 1.165) is 24.5 Å². The molecule has 0 bridgehead atoms. The van der Waals surface area contributed by atoms with Crippen molar-refractivity contribution in [3.63, 3.8) is 0 Å². The molecule has 0 spiro atoms. The first-order valence-electron chi connectivity index (χ1n) is 6.83. The fourth-order valence-electron chi connectivity index (χ4n) is 2.47. The van der Waals surface area contributed by atoms with E-state index in [9.17, 15) is 14.6 Å². The summed E-state index contributed by atoms with van der Waals surface area (Å²) >= 11 is 0.